The van der Waals surface area contributed by atoms with Gasteiger partial charge in [-0.1, -0.05) is 11.8 Å². The second kappa shape index (κ2) is 10.9. The molecular formula is C29H32O9. The molecule has 2 aromatic carbocycles. The number of ether oxygens (including phenoxy) is 8. The highest BCUT2D eigenvalue weighted by Crippen LogP contribution is 2.41. The van der Waals surface area contributed by atoms with Gasteiger partial charge in [0, 0.05) is 23.3 Å². The van der Waals surface area contributed by atoms with E-state index in [1.54, 1.807) is 40.2 Å². The molecule has 1 aliphatic rings. The lowest BCUT2D eigenvalue weighted by Crippen LogP contribution is -2.45. The Kier molecular flexibility index (Phi) is 8.12. The normalized spacial score (nSPS) is 19.6. The van der Waals surface area contributed by atoms with Crippen molar-refractivity contribution in [3.8, 4) is 58.2 Å². The molecule has 0 aliphatic carbocycles. The van der Waals surface area contributed by atoms with E-state index in [2.05, 4.69) is 23.7 Å². The molecule has 9 nitrogen and oxygen atoms in total. The molecule has 1 fully saturated rings. The van der Waals surface area contributed by atoms with Crippen LogP contribution in [0.25, 0.3) is 0 Å². The van der Waals surface area contributed by atoms with Gasteiger partial charge in [0.15, 0.2) is 23.0 Å². The lowest BCUT2D eigenvalue weighted by atomic mass is 9.86. The van der Waals surface area contributed by atoms with Gasteiger partial charge in [-0.05, 0) is 39.5 Å². The van der Waals surface area contributed by atoms with Crippen molar-refractivity contribution in [2.75, 3.05) is 42.7 Å². The van der Waals surface area contributed by atoms with E-state index in [4.69, 9.17) is 37.9 Å². The van der Waals surface area contributed by atoms with Gasteiger partial charge in [0.25, 0.3) is 0 Å². The molecule has 0 saturated carbocycles. The molecule has 202 valence electrons. The minimum Gasteiger partial charge on any atom is -0.495 e. The predicted molar refractivity (Wildman–Crippen MR) is 140 cm³/mol. The summed E-state index contributed by atoms with van der Waals surface area (Å²) < 4.78 is 44.0. The number of methoxy groups -OCH3 is 6. The fourth-order valence-electron chi connectivity index (χ4n) is 4.13. The van der Waals surface area contributed by atoms with Gasteiger partial charge in [-0.25, -0.2) is 4.79 Å². The van der Waals surface area contributed by atoms with Gasteiger partial charge in [-0.2, -0.15) is 0 Å². The zero-order valence-corrected chi connectivity index (χ0v) is 23.3. The molecule has 1 heterocycles. The molecule has 0 amide bonds. The number of hydrogen-bond acceptors (Lipinski definition) is 9. The van der Waals surface area contributed by atoms with Crippen LogP contribution in [0, 0.1) is 37.5 Å². The average Bonchev–Trinajstić information content (AvgIpc) is 3.13. The number of cyclic esters (lactones) is 2. The van der Waals surface area contributed by atoms with Crippen LogP contribution in [0.4, 0.5) is 4.79 Å². The molecule has 0 spiro atoms. The van der Waals surface area contributed by atoms with Crippen LogP contribution >= 0.6 is 0 Å². The van der Waals surface area contributed by atoms with E-state index in [1.807, 2.05) is 13.8 Å². The molecule has 0 N–H and O–H groups in total. The first-order valence-corrected chi connectivity index (χ1v) is 11.6. The van der Waals surface area contributed by atoms with Crippen LogP contribution in [0.2, 0.25) is 0 Å². The maximum absolute atomic E-state index is 12.3. The van der Waals surface area contributed by atoms with Crippen LogP contribution in [-0.4, -0.2) is 60.0 Å². The minimum atomic E-state index is -1.43. The third-order valence-electron chi connectivity index (χ3n) is 6.52. The first-order chi connectivity index (χ1) is 18.0. The summed E-state index contributed by atoms with van der Waals surface area (Å²) in [6.45, 7) is 6.94. The molecule has 2 atom stereocenters. The predicted octanol–water partition coefficient (Wildman–Crippen LogP) is 4.44. The third-order valence-corrected chi connectivity index (χ3v) is 6.52. The summed E-state index contributed by atoms with van der Waals surface area (Å²) in [6, 6.07) is 3.36. The first-order valence-electron chi connectivity index (χ1n) is 11.6. The Morgan fingerprint density at radius 3 is 1.24 bits per heavy atom. The minimum absolute atomic E-state index is 0.472. The number of hydrogen-bond donors (Lipinski definition) is 0. The van der Waals surface area contributed by atoms with Crippen LogP contribution in [0.15, 0.2) is 12.1 Å². The Morgan fingerprint density at radius 2 is 0.947 bits per heavy atom. The van der Waals surface area contributed by atoms with Crippen molar-refractivity contribution in [1.82, 2.24) is 0 Å². The molecule has 38 heavy (non-hydrogen) atoms. The highest BCUT2D eigenvalue weighted by atomic mass is 16.8. The maximum Gasteiger partial charge on any atom is 0.511 e. The summed E-state index contributed by atoms with van der Waals surface area (Å²) in [4.78, 5) is 12.3. The van der Waals surface area contributed by atoms with Gasteiger partial charge < -0.3 is 37.9 Å². The fourth-order valence-corrected chi connectivity index (χ4v) is 4.13. The van der Waals surface area contributed by atoms with Gasteiger partial charge in [0.2, 0.25) is 11.2 Å². The van der Waals surface area contributed by atoms with E-state index in [1.165, 1.54) is 28.4 Å². The van der Waals surface area contributed by atoms with Crippen LogP contribution in [0.1, 0.15) is 36.1 Å². The highest BCUT2D eigenvalue weighted by Gasteiger charge is 2.56. The Morgan fingerprint density at radius 1 is 0.605 bits per heavy atom. The van der Waals surface area contributed by atoms with Crippen LogP contribution < -0.4 is 28.4 Å². The van der Waals surface area contributed by atoms with Crippen molar-refractivity contribution in [3.63, 3.8) is 0 Å². The Labute approximate surface area is 223 Å². The topological polar surface area (TPSA) is 90.9 Å². The fraction of sp³-hybridized carbons (Fsp3) is 0.414. The van der Waals surface area contributed by atoms with Crippen LogP contribution in [0.3, 0.4) is 0 Å². The molecule has 1 aliphatic heterocycles. The van der Waals surface area contributed by atoms with E-state index in [9.17, 15) is 4.79 Å². The van der Waals surface area contributed by atoms with Crippen molar-refractivity contribution in [3.05, 3.63) is 34.4 Å². The molecule has 9 heteroatoms. The van der Waals surface area contributed by atoms with Crippen molar-refractivity contribution in [2.45, 2.75) is 38.9 Å². The number of benzene rings is 2. The molecule has 1 saturated heterocycles. The quantitative estimate of drug-likeness (QED) is 0.402. The number of carbonyl (C=O) groups is 1. The summed E-state index contributed by atoms with van der Waals surface area (Å²) in [5, 5.41) is 0. The van der Waals surface area contributed by atoms with Crippen molar-refractivity contribution in [1.29, 1.82) is 0 Å². The van der Waals surface area contributed by atoms with Crippen LogP contribution in [0.5, 0.6) is 34.5 Å². The molecule has 2 aromatic rings. The molecule has 0 unspecified atom stereocenters. The van der Waals surface area contributed by atoms with Gasteiger partial charge >= 0.3 is 6.16 Å². The largest absolute Gasteiger partial charge is 0.511 e. The number of carbonyl (C=O) groups excluding carboxylic acids is 1. The Bertz CT molecular complexity index is 1270. The molecule has 0 bridgehead atoms. The van der Waals surface area contributed by atoms with Gasteiger partial charge in [-0.3, -0.25) is 0 Å². The van der Waals surface area contributed by atoms with E-state index in [0.29, 0.717) is 56.8 Å². The van der Waals surface area contributed by atoms with Gasteiger partial charge in [-0.15, -0.1) is 0 Å². The first kappa shape index (κ1) is 28.2. The monoisotopic (exact) mass is 524 g/mol. The summed E-state index contributed by atoms with van der Waals surface area (Å²) in [5.41, 5.74) is -0.380. The molecule has 0 aromatic heterocycles. The lowest BCUT2D eigenvalue weighted by Gasteiger charge is -2.26. The van der Waals surface area contributed by atoms with E-state index >= 15 is 0 Å². The Hall–Kier alpha value is -4.37. The highest BCUT2D eigenvalue weighted by molar-refractivity contribution is 5.69. The number of rotatable bonds is 6. The Balaban J connectivity index is 2.16. The lowest BCUT2D eigenvalue weighted by molar-refractivity contribution is 0.0692. The SMILES string of the molecule is COc1cc(OC)c(OC)c(C)c1C#C[C@@]1(C)OC(=O)O[C@]1(C)C#Cc1c(OC)cc(OC)c(OC)c1C. The second-order valence-corrected chi connectivity index (χ2v) is 8.65. The van der Waals surface area contributed by atoms with E-state index in [0.717, 1.165) is 0 Å². The average molecular weight is 525 g/mol. The van der Waals surface area contributed by atoms with Crippen LogP contribution in [-0.2, 0) is 9.47 Å². The standard InChI is InChI=1S/C29H32O9/c1-17-19(21(31-5)15-23(33-7)25(17)35-9)11-13-28(3)29(4,38-27(30)37-28)14-12-20-18(2)26(36-10)24(34-8)16-22(20)32-6/h15-16H,1-10H3/t28-,29-/m1/s1. The summed E-state index contributed by atoms with van der Waals surface area (Å²) in [5.74, 6) is 15.2. The maximum atomic E-state index is 12.3. The smallest absolute Gasteiger partial charge is 0.495 e. The van der Waals surface area contributed by atoms with Gasteiger partial charge in [0.1, 0.15) is 11.5 Å². The van der Waals surface area contributed by atoms with Crippen molar-refractivity contribution < 1.29 is 42.7 Å². The molecule has 3 rings (SSSR count). The van der Waals surface area contributed by atoms with Crippen molar-refractivity contribution >= 4 is 6.16 Å². The second-order valence-electron chi connectivity index (χ2n) is 8.65. The van der Waals surface area contributed by atoms with E-state index in [-0.39, 0.29) is 0 Å². The molecule has 0 radical (unpaired) electrons. The van der Waals surface area contributed by atoms with E-state index < -0.39 is 17.4 Å². The third kappa shape index (κ3) is 4.80. The zero-order chi connectivity index (χ0) is 28.3. The van der Waals surface area contributed by atoms with Crippen molar-refractivity contribution in [2.24, 2.45) is 0 Å². The van der Waals surface area contributed by atoms with Gasteiger partial charge in [0.05, 0.1) is 53.8 Å². The summed E-state index contributed by atoms with van der Waals surface area (Å²) >= 11 is 0. The summed E-state index contributed by atoms with van der Waals surface area (Å²) in [7, 11) is 9.22. The molecular weight excluding hydrogens is 492 g/mol. The summed E-state index contributed by atoms with van der Waals surface area (Å²) in [6.07, 6.45) is -0.884. The zero-order valence-electron chi connectivity index (χ0n) is 23.3.